The van der Waals surface area contributed by atoms with Gasteiger partial charge in [-0.05, 0) is 37.4 Å². The van der Waals surface area contributed by atoms with Crippen LogP contribution in [0.5, 0.6) is 0 Å². The molecule has 0 unspecified atom stereocenters. The van der Waals surface area contributed by atoms with Gasteiger partial charge in [0.1, 0.15) is 0 Å². The van der Waals surface area contributed by atoms with E-state index in [1.807, 2.05) is 16.8 Å². The Morgan fingerprint density at radius 2 is 2.23 bits per heavy atom. The lowest BCUT2D eigenvalue weighted by atomic mass is 9.91. The van der Waals surface area contributed by atoms with Crippen molar-refractivity contribution in [2.75, 3.05) is 13.1 Å². The number of nitrogens with one attached hydrogen (secondary N) is 1. The third kappa shape index (κ3) is 1.98. The monoisotopic (exact) mass is 195 g/mol. The number of piperidine rings is 1. The number of Topliss-reactive ketones (excluding diaryl/α,β-unsaturated/α-hetero) is 1. The molecular formula is C10H13NOS. The molecule has 1 aliphatic rings. The molecule has 1 aliphatic heterocycles. The van der Waals surface area contributed by atoms with E-state index in [0.717, 1.165) is 31.5 Å². The Morgan fingerprint density at radius 1 is 1.46 bits per heavy atom. The lowest BCUT2D eigenvalue weighted by molar-refractivity contribution is 0.0895. The Bertz CT molecular complexity index is 275. The predicted molar refractivity (Wildman–Crippen MR) is 54.2 cm³/mol. The van der Waals surface area contributed by atoms with E-state index >= 15 is 0 Å². The normalized spacial score (nSPS) is 18.8. The van der Waals surface area contributed by atoms with E-state index in [-0.39, 0.29) is 5.92 Å². The van der Waals surface area contributed by atoms with Crippen LogP contribution >= 0.6 is 11.3 Å². The molecule has 0 aliphatic carbocycles. The highest BCUT2D eigenvalue weighted by atomic mass is 32.1. The summed E-state index contributed by atoms with van der Waals surface area (Å²) in [4.78, 5) is 11.8. The summed E-state index contributed by atoms with van der Waals surface area (Å²) >= 11 is 1.60. The first-order valence-corrected chi connectivity index (χ1v) is 5.59. The standard InChI is InChI=1S/C10H13NOS/c12-10(9-3-6-13-7-9)8-1-4-11-5-2-8/h3,6-8,11H,1-2,4-5H2. The summed E-state index contributed by atoms with van der Waals surface area (Å²) < 4.78 is 0. The highest BCUT2D eigenvalue weighted by molar-refractivity contribution is 7.08. The summed E-state index contributed by atoms with van der Waals surface area (Å²) in [6.07, 6.45) is 1.99. The molecule has 2 nitrogen and oxygen atoms in total. The summed E-state index contributed by atoms with van der Waals surface area (Å²) in [7, 11) is 0. The quantitative estimate of drug-likeness (QED) is 0.731. The molecule has 0 radical (unpaired) electrons. The third-order valence-electron chi connectivity index (χ3n) is 2.52. The van der Waals surface area contributed by atoms with E-state index in [9.17, 15) is 4.79 Å². The van der Waals surface area contributed by atoms with Gasteiger partial charge in [-0.3, -0.25) is 4.79 Å². The van der Waals surface area contributed by atoms with Crippen LogP contribution in [-0.4, -0.2) is 18.9 Å². The van der Waals surface area contributed by atoms with Crippen LogP contribution in [0.4, 0.5) is 0 Å². The molecule has 70 valence electrons. The van der Waals surface area contributed by atoms with E-state index in [2.05, 4.69) is 5.32 Å². The minimum absolute atomic E-state index is 0.260. The first kappa shape index (κ1) is 8.91. The van der Waals surface area contributed by atoms with Crippen molar-refractivity contribution in [2.24, 2.45) is 5.92 Å². The second kappa shape index (κ2) is 4.03. The Hall–Kier alpha value is -0.670. The second-order valence-corrected chi connectivity index (χ2v) is 4.18. The van der Waals surface area contributed by atoms with Gasteiger partial charge in [0.25, 0.3) is 0 Å². The first-order chi connectivity index (χ1) is 6.38. The van der Waals surface area contributed by atoms with Crippen LogP contribution in [0, 0.1) is 5.92 Å². The van der Waals surface area contributed by atoms with E-state index < -0.39 is 0 Å². The molecule has 0 saturated carbocycles. The summed E-state index contributed by atoms with van der Waals surface area (Å²) in [5.41, 5.74) is 0.900. The van der Waals surface area contributed by atoms with Gasteiger partial charge < -0.3 is 5.32 Å². The molecule has 0 atom stereocenters. The fraction of sp³-hybridized carbons (Fsp3) is 0.500. The summed E-state index contributed by atoms with van der Waals surface area (Å²) in [5, 5.41) is 7.18. The highest BCUT2D eigenvalue weighted by Crippen LogP contribution is 2.19. The molecule has 0 bridgehead atoms. The average molecular weight is 195 g/mol. The number of hydrogen-bond acceptors (Lipinski definition) is 3. The van der Waals surface area contributed by atoms with Gasteiger partial charge in [0.05, 0.1) is 0 Å². The number of carbonyl (C=O) groups excluding carboxylic acids is 1. The molecule has 1 fully saturated rings. The van der Waals surface area contributed by atoms with Gasteiger partial charge >= 0.3 is 0 Å². The Labute approximate surface area is 82.0 Å². The number of thiophene rings is 1. The van der Waals surface area contributed by atoms with Crippen LogP contribution in [0.3, 0.4) is 0 Å². The van der Waals surface area contributed by atoms with Gasteiger partial charge in [-0.15, -0.1) is 0 Å². The van der Waals surface area contributed by atoms with Crippen molar-refractivity contribution in [3.63, 3.8) is 0 Å². The first-order valence-electron chi connectivity index (χ1n) is 4.65. The molecule has 1 saturated heterocycles. The lowest BCUT2D eigenvalue weighted by Crippen LogP contribution is -2.31. The minimum Gasteiger partial charge on any atom is -0.317 e. The van der Waals surface area contributed by atoms with Crippen molar-refractivity contribution in [2.45, 2.75) is 12.8 Å². The van der Waals surface area contributed by atoms with Crippen LogP contribution in [0.15, 0.2) is 16.8 Å². The van der Waals surface area contributed by atoms with Crippen molar-refractivity contribution in [3.05, 3.63) is 22.4 Å². The predicted octanol–water partition coefficient (Wildman–Crippen LogP) is 1.93. The second-order valence-electron chi connectivity index (χ2n) is 3.40. The molecular weight excluding hydrogens is 182 g/mol. The van der Waals surface area contributed by atoms with Crippen molar-refractivity contribution < 1.29 is 4.79 Å². The zero-order chi connectivity index (χ0) is 9.10. The molecule has 0 aromatic carbocycles. The molecule has 0 amide bonds. The molecule has 3 heteroatoms. The number of ketones is 1. The van der Waals surface area contributed by atoms with Crippen molar-refractivity contribution in [1.82, 2.24) is 5.32 Å². The molecule has 2 heterocycles. The fourth-order valence-electron chi connectivity index (χ4n) is 1.72. The average Bonchev–Trinajstić information content (AvgIpc) is 2.71. The fourth-order valence-corrected chi connectivity index (χ4v) is 2.37. The van der Waals surface area contributed by atoms with Gasteiger partial charge in [0.2, 0.25) is 0 Å². The van der Waals surface area contributed by atoms with E-state index in [4.69, 9.17) is 0 Å². The van der Waals surface area contributed by atoms with Crippen LogP contribution < -0.4 is 5.32 Å². The maximum atomic E-state index is 11.8. The molecule has 1 N–H and O–H groups in total. The smallest absolute Gasteiger partial charge is 0.166 e. The topological polar surface area (TPSA) is 29.1 Å². The number of hydrogen-bond donors (Lipinski definition) is 1. The van der Waals surface area contributed by atoms with Gasteiger partial charge in [0.15, 0.2) is 5.78 Å². The number of rotatable bonds is 2. The van der Waals surface area contributed by atoms with Crippen molar-refractivity contribution >= 4 is 17.1 Å². The molecule has 2 rings (SSSR count). The van der Waals surface area contributed by atoms with Gasteiger partial charge in [-0.2, -0.15) is 11.3 Å². The van der Waals surface area contributed by atoms with E-state index in [1.54, 1.807) is 11.3 Å². The maximum Gasteiger partial charge on any atom is 0.166 e. The Kier molecular flexibility index (Phi) is 2.76. The Balaban J connectivity index is 2.04. The van der Waals surface area contributed by atoms with Crippen LogP contribution in [0.25, 0.3) is 0 Å². The number of carbonyl (C=O) groups is 1. The summed E-state index contributed by atoms with van der Waals surface area (Å²) in [6.45, 7) is 1.97. The SMILES string of the molecule is O=C(c1ccsc1)C1CCNCC1. The highest BCUT2D eigenvalue weighted by Gasteiger charge is 2.21. The maximum absolute atomic E-state index is 11.8. The zero-order valence-corrected chi connectivity index (χ0v) is 8.27. The third-order valence-corrected chi connectivity index (χ3v) is 3.20. The van der Waals surface area contributed by atoms with Crippen molar-refractivity contribution in [1.29, 1.82) is 0 Å². The minimum atomic E-state index is 0.260. The summed E-state index contributed by atoms with van der Waals surface area (Å²) in [5.74, 6) is 0.596. The van der Waals surface area contributed by atoms with E-state index in [0.29, 0.717) is 5.78 Å². The van der Waals surface area contributed by atoms with Gasteiger partial charge in [0, 0.05) is 16.9 Å². The van der Waals surface area contributed by atoms with Crippen LogP contribution in [-0.2, 0) is 0 Å². The zero-order valence-electron chi connectivity index (χ0n) is 7.45. The molecule has 0 spiro atoms. The van der Waals surface area contributed by atoms with E-state index in [1.165, 1.54) is 0 Å². The largest absolute Gasteiger partial charge is 0.317 e. The Morgan fingerprint density at radius 3 is 2.85 bits per heavy atom. The lowest BCUT2D eigenvalue weighted by Gasteiger charge is -2.20. The van der Waals surface area contributed by atoms with Crippen LogP contribution in [0.2, 0.25) is 0 Å². The summed E-state index contributed by atoms with van der Waals surface area (Å²) in [6, 6.07) is 1.93. The van der Waals surface area contributed by atoms with Crippen molar-refractivity contribution in [3.8, 4) is 0 Å². The van der Waals surface area contributed by atoms with Gasteiger partial charge in [-0.1, -0.05) is 0 Å². The van der Waals surface area contributed by atoms with Gasteiger partial charge in [-0.25, -0.2) is 0 Å². The molecule has 13 heavy (non-hydrogen) atoms. The van der Waals surface area contributed by atoms with Crippen LogP contribution in [0.1, 0.15) is 23.2 Å². The molecule has 1 aromatic rings. The molecule has 1 aromatic heterocycles.